The lowest BCUT2D eigenvalue weighted by Gasteiger charge is -2.15. The molecule has 0 aliphatic heterocycles. The van der Waals surface area contributed by atoms with Crippen molar-refractivity contribution in [2.45, 2.75) is 0 Å². The Bertz CT molecular complexity index is 3530. The Morgan fingerprint density at radius 1 is 0.411 bits per heavy atom. The van der Waals surface area contributed by atoms with Crippen molar-refractivity contribution in [1.29, 1.82) is 0 Å². The third-order valence-electron chi connectivity index (χ3n) is 10.4. The van der Waals surface area contributed by atoms with Crippen LogP contribution in [-0.2, 0) is 0 Å². The third-order valence-corrected chi connectivity index (χ3v) is 11.6. The lowest BCUT2D eigenvalue weighted by Crippen LogP contribution is -2.02. The average Bonchev–Trinajstić information content (AvgIpc) is 3.87. The minimum absolute atomic E-state index is 0.0820. The standard InChI is InChI=1S/C51H32N4S/c1-3-17-33(18-4-1)35-21-7-9-24-40(35)49-52-50(54-51(53-49)43-29-15-28-39-37-23-12-14-32-46(37)56-48(39)43)41-25-10-8-22-36(41)38-27-16-31-45-47(38)42-26-11-13-30-44(42)55(45)34-19-5-2-6-20-34/h1-32H/i1D,3D,4D,17D,18D. The molecular formula is C51H32N4S. The molecule has 0 spiro atoms. The molecule has 262 valence electrons. The molecule has 3 aromatic heterocycles. The van der Waals surface area contributed by atoms with Gasteiger partial charge < -0.3 is 4.57 Å². The molecule has 0 amide bonds. The largest absolute Gasteiger partial charge is 0.309 e. The smallest absolute Gasteiger partial charge is 0.165 e. The van der Waals surface area contributed by atoms with Crippen LogP contribution in [0.3, 0.4) is 0 Å². The molecule has 3 heterocycles. The molecule has 0 atom stereocenters. The molecule has 0 N–H and O–H groups in total. The zero-order valence-electron chi connectivity index (χ0n) is 34.8. The minimum atomic E-state index is -0.448. The monoisotopic (exact) mass is 737 g/mol. The fourth-order valence-electron chi connectivity index (χ4n) is 7.95. The molecule has 0 aliphatic carbocycles. The van der Waals surface area contributed by atoms with Gasteiger partial charge in [0, 0.05) is 53.3 Å². The molecule has 4 nitrogen and oxygen atoms in total. The van der Waals surface area contributed by atoms with Crippen LogP contribution in [0.15, 0.2) is 194 Å². The van der Waals surface area contributed by atoms with Crippen molar-refractivity contribution in [3.05, 3.63) is 194 Å². The van der Waals surface area contributed by atoms with Crippen LogP contribution in [0.4, 0.5) is 0 Å². The fourth-order valence-corrected chi connectivity index (χ4v) is 9.17. The van der Waals surface area contributed by atoms with Crippen molar-refractivity contribution < 1.29 is 6.85 Å². The lowest BCUT2D eigenvalue weighted by molar-refractivity contribution is 1.08. The molecule has 0 radical (unpaired) electrons. The van der Waals surface area contributed by atoms with Crippen molar-refractivity contribution in [2.75, 3.05) is 0 Å². The van der Waals surface area contributed by atoms with Crippen molar-refractivity contribution >= 4 is 53.3 Å². The quantitative estimate of drug-likeness (QED) is 0.171. The molecule has 56 heavy (non-hydrogen) atoms. The molecule has 11 rings (SSSR count). The number of hydrogen-bond donors (Lipinski definition) is 0. The van der Waals surface area contributed by atoms with Crippen molar-refractivity contribution in [3.63, 3.8) is 0 Å². The van der Waals surface area contributed by atoms with Gasteiger partial charge in [0.05, 0.1) is 17.9 Å². The zero-order valence-corrected chi connectivity index (χ0v) is 30.6. The van der Waals surface area contributed by atoms with Crippen molar-refractivity contribution in [3.8, 4) is 62.1 Å². The van der Waals surface area contributed by atoms with Gasteiger partial charge in [0.15, 0.2) is 17.5 Å². The van der Waals surface area contributed by atoms with Gasteiger partial charge in [-0.1, -0.05) is 158 Å². The number of fused-ring (bicyclic) bond motifs is 6. The summed E-state index contributed by atoms with van der Waals surface area (Å²) in [7, 11) is 0. The normalized spacial score (nSPS) is 12.8. The molecule has 0 unspecified atom stereocenters. The van der Waals surface area contributed by atoms with Crippen LogP contribution in [0.25, 0.3) is 104 Å². The van der Waals surface area contributed by atoms with E-state index in [2.05, 4.69) is 95.6 Å². The Labute approximate surface area is 334 Å². The van der Waals surface area contributed by atoms with Crippen molar-refractivity contribution in [1.82, 2.24) is 19.5 Å². The summed E-state index contributed by atoms with van der Waals surface area (Å²) in [5.74, 6) is 1.21. The van der Waals surface area contributed by atoms with E-state index in [4.69, 9.17) is 21.8 Å². The van der Waals surface area contributed by atoms with Crippen LogP contribution in [0, 0.1) is 0 Å². The predicted octanol–water partition coefficient (Wildman–Crippen LogP) is 13.7. The summed E-state index contributed by atoms with van der Waals surface area (Å²) < 4.78 is 47.6. The summed E-state index contributed by atoms with van der Waals surface area (Å²) in [5.41, 5.74) is 7.85. The maximum Gasteiger partial charge on any atom is 0.165 e. The van der Waals surface area contributed by atoms with Gasteiger partial charge in [0.2, 0.25) is 0 Å². The summed E-state index contributed by atoms with van der Waals surface area (Å²) in [6, 6.07) is 53.3. The maximum absolute atomic E-state index is 8.91. The van der Waals surface area contributed by atoms with Crippen LogP contribution >= 0.6 is 11.3 Å². The number of nitrogens with zero attached hydrogens (tertiary/aromatic N) is 4. The highest BCUT2D eigenvalue weighted by Gasteiger charge is 2.22. The Hall–Kier alpha value is -7.21. The number of benzene rings is 8. The van der Waals surface area contributed by atoms with E-state index in [-0.39, 0.29) is 17.6 Å². The van der Waals surface area contributed by atoms with Gasteiger partial charge in [-0.05, 0) is 58.7 Å². The summed E-state index contributed by atoms with van der Waals surface area (Å²) in [5, 5.41) is 4.47. The Morgan fingerprint density at radius 2 is 0.946 bits per heavy atom. The number of hydrogen-bond acceptors (Lipinski definition) is 4. The minimum Gasteiger partial charge on any atom is -0.309 e. The summed E-state index contributed by atoms with van der Waals surface area (Å²) in [6.07, 6.45) is 0. The van der Waals surface area contributed by atoms with E-state index in [1.54, 1.807) is 23.5 Å². The van der Waals surface area contributed by atoms with Crippen molar-refractivity contribution in [2.24, 2.45) is 0 Å². The van der Waals surface area contributed by atoms with Crippen LogP contribution in [0.1, 0.15) is 6.85 Å². The second-order valence-electron chi connectivity index (χ2n) is 13.6. The number of para-hydroxylation sites is 2. The van der Waals surface area contributed by atoms with Crippen LogP contribution in [0.5, 0.6) is 0 Å². The second-order valence-corrected chi connectivity index (χ2v) is 14.6. The van der Waals surface area contributed by atoms with Gasteiger partial charge in [-0.3, -0.25) is 0 Å². The summed E-state index contributed by atoms with van der Waals surface area (Å²) in [4.78, 5) is 15.7. The second kappa shape index (κ2) is 13.3. The highest BCUT2D eigenvalue weighted by atomic mass is 32.1. The molecule has 11 aromatic rings. The van der Waals surface area contributed by atoms with E-state index in [0.717, 1.165) is 69.9 Å². The van der Waals surface area contributed by atoms with Gasteiger partial charge in [0.25, 0.3) is 0 Å². The van der Waals surface area contributed by atoms with E-state index in [9.17, 15) is 0 Å². The number of thiophene rings is 1. The first-order valence-electron chi connectivity index (χ1n) is 20.9. The van der Waals surface area contributed by atoms with Gasteiger partial charge >= 0.3 is 0 Å². The molecule has 5 heteroatoms. The van der Waals surface area contributed by atoms with Crippen LogP contribution in [0.2, 0.25) is 0 Å². The molecule has 0 saturated heterocycles. The third kappa shape index (κ3) is 5.24. The van der Waals surface area contributed by atoms with Gasteiger partial charge in [-0.2, -0.15) is 0 Å². The highest BCUT2D eigenvalue weighted by Crippen LogP contribution is 2.43. The molecule has 0 saturated carbocycles. The number of aromatic nitrogens is 4. The summed E-state index contributed by atoms with van der Waals surface area (Å²) >= 11 is 1.69. The van der Waals surface area contributed by atoms with Crippen LogP contribution < -0.4 is 0 Å². The van der Waals surface area contributed by atoms with Gasteiger partial charge in [-0.15, -0.1) is 11.3 Å². The molecule has 8 aromatic carbocycles. The Morgan fingerprint density at radius 3 is 1.73 bits per heavy atom. The molecule has 0 bridgehead atoms. The van der Waals surface area contributed by atoms with Crippen LogP contribution in [-0.4, -0.2) is 19.5 Å². The van der Waals surface area contributed by atoms with Gasteiger partial charge in [0.1, 0.15) is 0 Å². The molecular weight excluding hydrogens is 701 g/mol. The van der Waals surface area contributed by atoms with E-state index in [1.807, 2.05) is 60.7 Å². The van der Waals surface area contributed by atoms with E-state index in [1.165, 1.54) is 0 Å². The highest BCUT2D eigenvalue weighted by molar-refractivity contribution is 7.26. The van der Waals surface area contributed by atoms with E-state index < -0.39 is 18.1 Å². The Balaban J connectivity index is 1.20. The fraction of sp³-hybridized carbons (Fsp3) is 0. The first-order chi connectivity index (χ1) is 29.9. The first-order valence-corrected chi connectivity index (χ1v) is 19.2. The maximum atomic E-state index is 8.91. The molecule has 0 aliphatic rings. The topological polar surface area (TPSA) is 43.6 Å². The summed E-state index contributed by atoms with van der Waals surface area (Å²) in [6.45, 7) is 0. The predicted molar refractivity (Wildman–Crippen MR) is 234 cm³/mol. The van der Waals surface area contributed by atoms with E-state index in [0.29, 0.717) is 28.6 Å². The average molecular weight is 738 g/mol. The van der Waals surface area contributed by atoms with Gasteiger partial charge in [-0.25, -0.2) is 15.0 Å². The number of rotatable bonds is 6. The molecule has 0 fully saturated rings. The zero-order chi connectivity index (χ0) is 41.4. The SMILES string of the molecule is [2H]c1c([2H])c([2H])c(-c2ccccc2-c2nc(-c3ccccc3-c3cccc4c3c3ccccc3n4-c3ccccc3)nc(-c3cccc4c3sc3ccccc34)n2)c([2H])c1[2H]. The van der Waals surface area contributed by atoms with E-state index >= 15 is 0 Å². The Kier molecular flexibility index (Phi) is 6.49. The first kappa shape index (κ1) is 27.4. The lowest BCUT2D eigenvalue weighted by atomic mass is 9.94.